The van der Waals surface area contributed by atoms with Crippen LogP contribution >= 0.6 is 22.9 Å². The SMILES string of the molecule is NC1=NC=C[N+]2(I)C1=CN=C2C1CCN(C(=O)OCc2ccccc2)CC1. The number of ether oxygens (including phenoxy) is 1. The maximum absolute atomic E-state index is 12.3. The molecule has 0 aliphatic carbocycles. The molecule has 1 atom stereocenters. The summed E-state index contributed by atoms with van der Waals surface area (Å²) in [5, 5.41) is 0. The highest BCUT2D eigenvalue weighted by atomic mass is 127. The van der Waals surface area contributed by atoms with E-state index in [1.54, 1.807) is 11.1 Å². The van der Waals surface area contributed by atoms with Gasteiger partial charge in [-0.05, 0) is 18.4 Å². The van der Waals surface area contributed by atoms with Crippen molar-refractivity contribution in [1.29, 1.82) is 0 Å². The zero-order chi connectivity index (χ0) is 18.9. The quantitative estimate of drug-likeness (QED) is 0.535. The number of nitrogens with two attached hydrogens (primary N) is 1. The van der Waals surface area contributed by atoms with Crippen molar-refractivity contribution >= 4 is 40.6 Å². The number of amidine groups is 2. The minimum atomic E-state index is -0.253. The smallest absolute Gasteiger partial charge is 0.410 e. The zero-order valence-electron chi connectivity index (χ0n) is 14.8. The number of nitrogens with zero attached hydrogens (tertiary/aromatic N) is 4. The summed E-state index contributed by atoms with van der Waals surface area (Å²) in [5.41, 5.74) is 7.90. The fourth-order valence-electron chi connectivity index (χ4n) is 3.58. The summed E-state index contributed by atoms with van der Waals surface area (Å²) in [6.07, 6.45) is 7.00. The fraction of sp³-hybridized carbons (Fsp3) is 0.316. The second-order valence-electron chi connectivity index (χ2n) is 6.75. The van der Waals surface area contributed by atoms with E-state index in [0.29, 0.717) is 34.1 Å². The van der Waals surface area contributed by atoms with Gasteiger partial charge >= 0.3 is 6.09 Å². The summed E-state index contributed by atoms with van der Waals surface area (Å²) >= 11 is 2.35. The fourth-order valence-corrected chi connectivity index (χ4v) is 4.62. The van der Waals surface area contributed by atoms with Gasteiger partial charge in [0.1, 0.15) is 12.8 Å². The van der Waals surface area contributed by atoms with Crippen LogP contribution in [0.1, 0.15) is 18.4 Å². The first-order valence-electron chi connectivity index (χ1n) is 8.92. The molecule has 8 heteroatoms. The highest BCUT2D eigenvalue weighted by molar-refractivity contribution is 14.1. The highest BCUT2D eigenvalue weighted by Crippen LogP contribution is 2.39. The van der Waals surface area contributed by atoms with Crippen molar-refractivity contribution < 1.29 is 12.2 Å². The van der Waals surface area contributed by atoms with Crippen molar-refractivity contribution in [2.24, 2.45) is 21.6 Å². The Morgan fingerprint density at radius 1 is 1.26 bits per heavy atom. The summed E-state index contributed by atoms with van der Waals surface area (Å²) in [6, 6.07) is 9.73. The number of benzene rings is 1. The molecule has 0 spiro atoms. The molecule has 2 N–H and O–H groups in total. The van der Waals surface area contributed by atoms with Gasteiger partial charge in [0.25, 0.3) is 22.9 Å². The Morgan fingerprint density at radius 3 is 2.74 bits per heavy atom. The minimum absolute atomic E-state index is 0.253. The molecule has 0 bridgehead atoms. The molecule has 0 radical (unpaired) electrons. The van der Waals surface area contributed by atoms with Crippen LogP contribution in [0.15, 0.2) is 64.6 Å². The van der Waals surface area contributed by atoms with Gasteiger partial charge in [0.05, 0.1) is 18.3 Å². The molecule has 3 aliphatic heterocycles. The first kappa shape index (κ1) is 18.2. The molecule has 3 aliphatic rings. The summed E-state index contributed by atoms with van der Waals surface area (Å²) in [5.74, 6) is 1.86. The lowest BCUT2D eigenvalue weighted by atomic mass is 9.95. The average molecular weight is 478 g/mol. The third-order valence-corrected chi connectivity index (χ3v) is 6.41. The first-order chi connectivity index (χ1) is 13.1. The molecule has 3 heterocycles. The van der Waals surface area contributed by atoms with Crippen LogP contribution in [-0.2, 0) is 11.3 Å². The standard InChI is InChI=1S/C19H21IN5O2/c20-25-11-8-22-17(21)16(25)12-23-18(25)15-6-9-24(10-7-15)19(26)27-13-14-4-2-1-3-5-14/h1-5,8,11-12,15H,6-7,9-10,13H2,(H2,21,22)/q+1. The van der Waals surface area contributed by atoms with Crippen molar-refractivity contribution in [2.45, 2.75) is 19.4 Å². The summed E-state index contributed by atoms with van der Waals surface area (Å²) < 4.78 is 5.90. The Morgan fingerprint density at radius 2 is 2.00 bits per heavy atom. The molecule has 0 saturated carbocycles. The molecular formula is C19H21IN5O2+. The lowest BCUT2D eigenvalue weighted by Crippen LogP contribution is -2.48. The van der Waals surface area contributed by atoms with Crippen LogP contribution in [-0.4, -0.2) is 38.5 Å². The van der Waals surface area contributed by atoms with Crippen molar-refractivity contribution in [3.05, 3.63) is 60.2 Å². The van der Waals surface area contributed by atoms with E-state index in [1.165, 1.54) is 0 Å². The number of aliphatic imine (C=N–C) groups is 2. The number of carbonyl (C=O) groups is 1. The van der Waals surface area contributed by atoms with Gasteiger partial charge in [-0.2, -0.15) is 2.70 Å². The predicted molar refractivity (Wildman–Crippen MR) is 111 cm³/mol. The number of likely N-dealkylation sites (tertiary alicyclic amines) is 1. The maximum atomic E-state index is 12.3. The third kappa shape index (κ3) is 3.51. The summed E-state index contributed by atoms with van der Waals surface area (Å²) in [4.78, 5) is 22.9. The molecule has 1 saturated heterocycles. The number of amides is 1. The van der Waals surface area contributed by atoms with Gasteiger partial charge in [0, 0.05) is 13.1 Å². The molecule has 1 fully saturated rings. The number of halogens is 1. The molecule has 140 valence electrons. The number of quaternary nitrogens is 1. The van der Waals surface area contributed by atoms with Crippen LogP contribution in [0.5, 0.6) is 0 Å². The highest BCUT2D eigenvalue weighted by Gasteiger charge is 2.47. The molecule has 0 aromatic heterocycles. The molecule has 1 unspecified atom stereocenters. The molecular weight excluding hydrogens is 457 g/mol. The maximum Gasteiger partial charge on any atom is 0.410 e. The first-order valence-corrected chi connectivity index (χ1v) is 9.89. The number of hydrogen-bond donors (Lipinski definition) is 1. The van der Waals surface area contributed by atoms with E-state index in [-0.39, 0.29) is 6.09 Å². The number of hydrogen-bond acceptors (Lipinski definition) is 5. The van der Waals surface area contributed by atoms with Crippen LogP contribution in [0.4, 0.5) is 4.79 Å². The van der Waals surface area contributed by atoms with Gasteiger partial charge in [-0.1, -0.05) is 30.3 Å². The van der Waals surface area contributed by atoms with Crippen LogP contribution < -0.4 is 5.73 Å². The van der Waals surface area contributed by atoms with E-state index in [0.717, 1.165) is 29.9 Å². The third-order valence-electron chi connectivity index (χ3n) is 5.07. The van der Waals surface area contributed by atoms with Crippen LogP contribution in [0, 0.1) is 5.92 Å². The topological polar surface area (TPSA) is 80.3 Å². The van der Waals surface area contributed by atoms with Gasteiger partial charge in [0.15, 0.2) is 5.84 Å². The molecule has 7 nitrogen and oxygen atoms in total. The summed E-state index contributed by atoms with van der Waals surface area (Å²) in [7, 11) is 0. The van der Waals surface area contributed by atoms with Gasteiger partial charge in [0.2, 0.25) is 11.5 Å². The Kier molecular flexibility index (Phi) is 5.00. The molecule has 27 heavy (non-hydrogen) atoms. The predicted octanol–water partition coefficient (Wildman–Crippen LogP) is 3.30. The van der Waals surface area contributed by atoms with E-state index < -0.39 is 0 Å². The zero-order valence-corrected chi connectivity index (χ0v) is 16.9. The van der Waals surface area contributed by atoms with E-state index in [4.69, 9.17) is 10.5 Å². The van der Waals surface area contributed by atoms with Gasteiger partial charge < -0.3 is 15.4 Å². The monoisotopic (exact) mass is 478 g/mol. The van der Waals surface area contributed by atoms with Crippen LogP contribution in [0.3, 0.4) is 0 Å². The minimum Gasteiger partial charge on any atom is -0.445 e. The van der Waals surface area contributed by atoms with Gasteiger partial charge in [-0.15, -0.1) is 0 Å². The van der Waals surface area contributed by atoms with Crippen molar-refractivity contribution in [2.75, 3.05) is 13.1 Å². The van der Waals surface area contributed by atoms with E-state index >= 15 is 0 Å². The number of rotatable bonds is 3. The molecule has 4 rings (SSSR count). The lowest BCUT2D eigenvalue weighted by Gasteiger charge is -2.34. The van der Waals surface area contributed by atoms with Gasteiger partial charge in [-0.25, -0.2) is 14.8 Å². The van der Waals surface area contributed by atoms with Crippen LogP contribution in [0.25, 0.3) is 0 Å². The summed E-state index contributed by atoms with van der Waals surface area (Å²) in [6.45, 7) is 1.63. The van der Waals surface area contributed by atoms with Crippen molar-refractivity contribution in [1.82, 2.24) is 4.90 Å². The average Bonchev–Trinajstić information content (AvgIpc) is 3.05. The normalized spacial score (nSPS) is 24.8. The van der Waals surface area contributed by atoms with E-state index in [1.807, 2.05) is 42.7 Å². The lowest BCUT2D eigenvalue weighted by molar-refractivity contribution is -0.533. The Bertz CT molecular complexity index is 856. The van der Waals surface area contributed by atoms with E-state index in [9.17, 15) is 4.79 Å². The second-order valence-corrected chi connectivity index (χ2v) is 8.27. The van der Waals surface area contributed by atoms with Crippen molar-refractivity contribution in [3.63, 3.8) is 0 Å². The number of fused-ring (bicyclic) bond motifs is 1. The molecule has 1 aromatic rings. The van der Waals surface area contributed by atoms with Gasteiger partial charge in [-0.3, -0.25) is 0 Å². The van der Waals surface area contributed by atoms with Crippen LogP contribution in [0.2, 0.25) is 0 Å². The second kappa shape index (κ2) is 7.43. The molecule has 1 amide bonds. The number of piperidine rings is 1. The Hall–Kier alpha value is -2.20. The largest absolute Gasteiger partial charge is 0.445 e. The van der Waals surface area contributed by atoms with E-state index in [2.05, 4.69) is 32.8 Å². The van der Waals surface area contributed by atoms with Crippen molar-refractivity contribution in [3.8, 4) is 0 Å². The Balaban J connectivity index is 1.33. The number of carbonyl (C=O) groups excluding carboxylic acids is 1. The molecule has 1 aromatic carbocycles. The Labute approximate surface area is 172 Å².